The molecule has 13 heteroatoms. The van der Waals surface area contributed by atoms with Crippen LogP contribution in [0.15, 0.2) is 10.5 Å². The monoisotopic (exact) mass is 397 g/mol. The molecule has 0 radical (unpaired) electrons. The number of nitrogens with zero attached hydrogens (tertiary/aromatic N) is 4. The summed E-state index contributed by atoms with van der Waals surface area (Å²) in [6.07, 6.45) is -1.24. The summed E-state index contributed by atoms with van der Waals surface area (Å²) in [5.74, 6) is -1.55. The van der Waals surface area contributed by atoms with Crippen LogP contribution < -0.4 is 16.4 Å². The average Bonchev–Trinajstić information content (AvgIpc) is 3.15. The lowest BCUT2D eigenvalue weighted by atomic mass is 10.2. The fourth-order valence-corrected chi connectivity index (χ4v) is 1.96. The van der Waals surface area contributed by atoms with Crippen molar-refractivity contribution in [2.45, 2.75) is 46.4 Å². The third kappa shape index (κ3) is 7.03. The molecule has 3 amide bonds. The van der Waals surface area contributed by atoms with E-state index in [1.54, 1.807) is 0 Å². The van der Waals surface area contributed by atoms with Crippen molar-refractivity contribution >= 4 is 17.9 Å². The maximum Gasteiger partial charge on any atom is 0.343 e. The molecule has 154 valence electrons. The van der Waals surface area contributed by atoms with E-state index in [2.05, 4.69) is 31.7 Å². The molecule has 6 N–H and O–H groups in total. The molecule has 2 aromatic rings. The number of aliphatic hydroxyl groups excluding tert-OH is 1. The van der Waals surface area contributed by atoms with Crippen molar-refractivity contribution in [3.8, 4) is 6.01 Å². The van der Waals surface area contributed by atoms with Gasteiger partial charge in [0.2, 0.25) is 11.8 Å². The van der Waals surface area contributed by atoms with Gasteiger partial charge in [0.25, 0.3) is 0 Å². The number of carbonyl (C=O) groups excluding carboxylic acids is 2. The Morgan fingerprint density at radius 3 is 2.39 bits per heavy atom. The summed E-state index contributed by atoms with van der Waals surface area (Å²) < 4.78 is 6.86. The SMILES string of the molecule is CC(N)=O.Cc1cc(C)n(-c2nnc(CNC(=O)NC(C(=O)O)C(C)O)o2)n1. The summed E-state index contributed by atoms with van der Waals surface area (Å²) in [6, 6.07) is -0.199. The van der Waals surface area contributed by atoms with Gasteiger partial charge in [-0.05, 0) is 26.8 Å². The lowest BCUT2D eigenvalue weighted by Crippen LogP contribution is -2.51. The molecule has 0 saturated heterocycles. The standard InChI is InChI=1S/C13H18N6O5.C2H5NO/c1-6-4-7(2)19(18-6)13-17-16-9(24-13)5-14-12(23)15-10(8(3)20)11(21)22;1-2(3)4/h4,8,10,20H,5H2,1-3H3,(H,21,22)(H2,14,15,23);1H3,(H2,3,4). The maximum absolute atomic E-state index is 11.7. The lowest BCUT2D eigenvalue weighted by Gasteiger charge is -2.16. The van der Waals surface area contributed by atoms with Gasteiger partial charge in [0.15, 0.2) is 6.04 Å². The van der Waals surface area contributed by atoms with Gasteiger partial charge in [-0.15, -0.1) is 5.10 Å². The number of hydrogen-bond donors (Lipinski definition) is 5. The van der Waals surface area contributed by atoms with Gasteiger partial charge in [0, 0.05) is 12.6 Å². The molecule has 0 aliphatic carbocycles. The van der Waals surface area contributed by atoms with Gasteiger partial charge in [0.1, 0.15) is 0 Å². The van der Waals surface area contributed by atoms with Gasteiger partial charge in [-0.25, -0.2) is 9.59 Å². The zero-order chi connectivity index (χ0) is 21.4. The number of aromatic nitrogens is 4. The third-order valence-corrected chi connectivity index (χ3v) is 3.08. The molecular weight excluding hydrogens is 374 g/mol. The topological polar surface area (TPSA) is 198 Å². The van der Waals surface area contributed by atoms with Crippen molar-refractivity contribution in [1.29, 1.82) is 0 Å². The first-order chi connectivity index (χ1) is 13.0. The van der Waals surface area contributed by atoms with Crippen LogP contribution in [0.1, 0.15) is 31.1 Å². The van der Waals surface area contributed by atoms with Crippen LogP contribution >= 0.6 is 0 Å². The molecule has 0 saturated carbocycles. The maximum atomic E-state index is 11.7. The molecule has 2 rings (SSSR count). The summed E-state index contributed by atoms with van der Waals surface area (Å²) in [6.45, 7) is 6.12. The predicted molar refractivity (Wildman–Crippen MR) is 94.2 cm³/mol. The molecule has 2 atom stereocenters. The fraction of sp³-hybridized carbons (Fsp3) is 0.467. The highest BCUT2D eigenvalue weighted by atomic mass is 16.4. The smallest absolute Gasteiger partial charge is 0.343 e. The van der Waals surface area contributed by atoms with Crippen molar-refractivity contribution < 1.29 is 29.0 Å². The van der Waals surface area contributed by atoms with Crippen LogP contribution in [0.25, 0.3) is 6.01 Å². The van der Waals surface area contributed by atoms with E-state index in [9.17, 15) is 19.5 Å². The van der Waals surface area contributed by atoms with Gasteiger partial charge >= 0.3 is 18.0 Å². The molecule has 2 aromatic heterocycles. The first-order valence-electron chi connectivity index (χ1n) is 8.08. The van der Waals surface area contributed by atoms with Gasteiger partial charge in [-0.2, -0.15) is 9.78 Å². The number of rotatable bonds is 6. The number of carbonyl (C=O) groups is 3. The number of aliphatic hydroxyl groups is 1. The third-order valence-electron chi connectivity index (χ3n) is 3.08. The molecule has 0 aliphatic heterocycles. The van der Waals surface area contributed by atoms with Crippen LogP contribution in [0.4, 0.5) is 4.79 Å². The van der Waals surface area contributed by atoms with E-state index in [1.165, 1.54) is 18.5 Å². The van der Waals surface area contributed by atoms with Crippen LogP contribution in [-0.4, -0.2) is 60.2 Å². The van der Waals surface area contributed by atoms with Crippen LogP contribution in [0.3, 0.4) is 0 Å². The molecule has 0 aliphatic rings. The number of nitrogens with two attached hydrogens (primary N) is 1. The highest BCUT2D eigenvalue weighted by molar-refractivity contribution is 5.82. The Bertz CT molecular complexity index is 825. The number of hydrogen-bond acceptors (Lipinski definition) is 8. The van der Waals surface area contributed by atoms with Gasteiger partial charge in [0.05, 0.1) is 18.3 Å². The number of aryl methyl sites for hydroxylation is 2. The lowest BCUT2D eigenvalue weighted by molar-refractivity contribution is -0.141. The van der Waals surface area contributed by atoms with Crippen LogP contribution in [-0.2, 0) is 16.1 Å². The van der Waals surface area contributed by atoms with E-state index < -0.39 is 24.1 Å². The molecule has 0 fully saturated rings. The molecule has 2 unspecified atom stereocenters. The summed E-state index contributed by atoms with van der Waals surface area (Å²) in [7, 11) is 0. The molecule has 28 heavy (non-hydrogen) atoms. The largest absolute Gasteiger partial charge is 0.480 e. The van der Waals surface area contributed by atoms with Gasteiger partial charge < -0.3 is 31.0 Å². The van der Waals surface area contributed by atoms with Crippen molar-refractivity contribution in [2.24, 2.45) is 5.73 Å². The molecule has 2 heterocycles. The summed E-state index contributed by atoms with van der Waals surface area (Å²) in [5, 5.41) is 34.5. The van der Waals surface area contributed by atoms with Crippen LogP contribution in [0.2, 0.25) is 0 Å². The van der Waals surface area contributed by atoms with E-state index in [0.717, 1.165) is 11.4 Å². The summed E-state index contributed by atoms with van der Waals surface area (Å²) >= 11 is 0. The highest BCUT2D eigenvalue weighted by Gasteiger charge is 2.25. The number of aliphatic carboxylic acids is 1. The van der Waals surface area contributed by atoms with Crippen molar-refractivity contribution in [1.82, 2.24) is 30.6 Å². The van der Waals surface area contributed by atoms with Crippen molar-refractivity contribution in [3.05, 3.63) is 23.3 Å². The van der Waals surface area contributed by atoms with E-state index in [4.69, 9.17) is 9.52 Å². The highest BCUT2D eigenvalue weighted by Crippen LogP contribution is 2.10. The second kappa shape index (κ2) is 10.0. The Balaban J connectivity index is 0.000000892. The molecular formula is C15H23N7O6. The zero-order valence-corrected chi connectivity index (χ0v) is 15.8. The number of nitrogens with one attached hydrogen (secondary N) is 2. The fourth-order valence-electron chi connectivity index (χ4n) is 1.96. The second-order valence-corrected chi connectivity index (χ2v) is 5.81. The Labute approximate surface area is 159 Å². The zero-order valence-electron chi connectivity index (χ0n) is 15.8. The van der Waals surface area contributed by atoms with Gasteiger partial charge in [-0.1, -0.05) is 5.10 Å². The molecule has 0 spiro atoms. The minimum atomic E-state index is -1.42. The van der Waals surface area contributed by atoms with E-state index in [0.29, 0.717) is 0 Å². The Morgan fingerprint density at radius 1 is 1.32 bits per heavy atom. The second-order valence-electron chi connectivity index (χ2n) is 5.81. The minimum Gasteiger partial charge on any atom is -0.480 e. The first kappa shape index (κ1) is 22.6. The summed E-state index contributed by atoms with van der Waals surface area (Å²) in [5.41, 5.74) is 6.08. The number of urea groups is 1. The number of carboxylic acids is 1. The minimum absolute atomic E-state index is 0.107. The Hall–Kier alpha value is -3.48. The van der Waals surface area contributed by atoms with E-state index >= 15 is 0 Å². The summed E-state index contributed by atoms with van der Waals surface area (Å²) in [4.78, 5) is 31.8. The van der Waals surface area contributed by atoms with Crippen molar-refractivity contribution in [3.63, 3.8) is 0 Å². The normalized spacial score (nSPS) is 12.3. The first-order valence-corrected chi connectivity index (χ1v) is 8.08. The van der Waals surface area contributed by atoms with Crippen LogP contribution in [0, 0.1) is 13.8 Å². The molecule has 13 nitrogen and oxygen atoms in total. The molecule has 0 bridgehead atoms. The Kier molecular flexibility index (Phi) is 8.07. The predicted octanol–water partition coefficient (Wildman–Crippen LogP) is -1.00. The van der Waals surface area contributed by atoms with Gasteiger partial charge in [-0.3, -0.25) is 4.79 Å². The average molecular weight is 397 g/mol. The number of primary amides is 1. The number of amides is 3. The quantitative estimate of drug-likeness (QED) is 0.405. The van der Waals surface area contributed by atoms with E-state index in [-0.39, 0.29) is 24.4 Å². The van der Waals surface area contributed by atoms with E-state index in [1.807, 2.05) is 19.9 Å². The van der Waals surface area contributed by atoms with Crippen LogP contribution in [0.5, 0.6) is 0 Å². The van der Waals surface area contributed by atoms with Crippen molar-refractivity contribution in [2.75, 3.05) is 0 Å². The molecule has 0 aromatic carbocycles. The Morgan fingerprint density at radius 2 is 1.93 bits per heavy atom. The number of carboxylic acid groups (broad SMARTS) is 1.